The third-order valence-corrected chi connectivity index (χ3v) is 5.96. The van der Waals surface area contributed by atoms with Crippen molar-refractivity contribution in [3.05, 3.63) is 35.9 Å². The fourth-order valence-electron chi connectivity index (χ4n) is 3.53. The normalized spacial score (nSPS) is 18.5. The number of carbonyl (C=O) groups excluding carboxylic acids is 1. The molecule has 1 heterocycles. The molecule has 5 nitrogen and oxygen atoms in total. The second kappa shape index (κ2) is 12.0. The van der Waals surface area contributed by atoms with Gasteiger partial charge in [-0.15, -0.1) is 0 Å². The molecule has 1 aliphatic rings. The number of amides is 1. The Kier molecular flexibility index (Phi) is 9.70. The Morgan fingerprint density at radius 3 is 2.67 bits per heavy atom. The van der Waals surface area contributed by atoms with Crippen molar-refractivity contribution >= 4 is 23.0 Å². The van der Waals surface area contributed by atoms with Crippen LogP contribution in [0.3, 0.4) is 0 Å². The van der Waals surface area contributed by atoms with Gasteiger partial charge in [0.05, 0.1) is 6.10 Å². The van der Waals surface area contributed by atoms with Crippen molar-refractivity contribution in [2.75, 3.05) is 12.3 Å². The van der Waals surface area contributed by atoms with Crippen molar-refractivity contribution in [3.63, 3.8) is 0 Å². The molecule has 0 saturated carbocycles. The number of hydrogen-bond acceptors (Lipinski definition) is 4. The maximum absolute atomic E-state index is 12.3. The Balaban J connectivity index is 1.72. The quantitative estimate of drug-likeness (QED) is 0.517. The minimum absolute atomic E-state index is 0.148. The number of rotatable bonds is 12. The Morgan fingerprint density at radius 2 is 1.93 bits per heavy atom. The molecule has 2 unspecified atom stereocenters. The van der Waals surface area contributed by atoms with E-state index in [4.69, 9.17) is 5.11 Å². The van der Waals surface area contributed by atoms with E-state index in [0.717, 1.165) is 50.0 Å². The number of aliphatic hydroxyl groups is 1. The van der Waals surface area contributed by atoms with Crippen LogP contribution in [0.4, 0.5) is 4.79 Å². The van der Waals surface area contributed by atoms with E-state index in [1.807, 2.05) is 35.2 Å². The molecule has 2 rings (SSSR count). The first kappa shape index (κ1) is 21.8. The maximum Gasteiger partial charge on any atom is 0.303 e. The molecule has 150 valence electrons. The van der Waals surface area contributed by atoms with Gasteiger partial charge in [0.2, 0.25) is 0 Å². The molecule has 2 atom stereocenters. The average molecular weight is 394 g/mol. The largest absolute Gasteiger partial charge is 0.481 e. The van der Waals surface area contributed by atoms with Crippen molar-refractivity contribution in [3.8, 4) is 0 Å². The van der Waals surface area contributed by atoms with Crippen molar-refractivity contribution in [2.24, 2.45) is 0 Å². The summed E-state index contributed by atoms with van der Waals surface area (Å²) in [5.74, 6) is 0.111. The van der Waals surface area contributed by atoms with Gasteiger partial charge in [-0.2, -0.15) is 0 Å². The maximum atomic E-state index is 12.3. The van der Waals surface area contributed by atoms with Gasteiger partial charge in [-0.1, -0.05) is 54.9 Å². The molecule has 1 saturated heterocycles. The van der Waals surface area contributed by atoms with Gasteiger partial charge >= 0.3 is 5.97 Å². The molecule has 0 radical (unpaired) electrons. The van der Waals surface area contributed by atoms with Crippen LogP contribution in [0.25, 0.3) is 0 Å². The summed E-state index contributed by atoms with van der Waals surface area (Å²) in [4.78, 5) is 24.8. The number of nitrogens with zero attached hydrogens (tertiary/aromatic N) is 1. The molecule has 0 aromatic heterocycles. The number of aliphatic carboxylic acids is 1. The molecular formula is C21H31NO4S. The number of benzene rings is 1. The monoisotopic (exact) mass is 393 g/mol. The zero-order valence-electron chi connectivity index (χ0n) is 15.9. The molecule has 1 aromatic rings. The molecule has 1 aromatic carbocycles. The lowest BCUT2D eigenvalue weighted by Crippen LogP contribution is -2.43. The van der Waals surface area contributed by atoms with E-state index in [0.29, 0.717) is 19.3 Å². The Bertz CT molecular complexity index is 581. The highest BCUT2D eigenvalue weighted by atomic mass is 32.2. The van der Waals surface area contributed by atoms with Crippen molar-refractivity contribution in [1.29, 1.82) is 0 Å². The number of thioether (sulfide) groups is 1. The fraction of sp³-hybridized carbons (Fsp3) is 0.619. The van der Waals surface area contributed by atoms with Crippen molar-refractivity contribution in [1.82, 2.24) is 4.90 Å². The van der Waals surface area contributed by atoms with Crippen LogP contribution in [0.1, 0.15) is 56.9 Å². The molecule has 1 fully saturated rings. The zero-order valence-corrected chi connectivity index (χ0v) is 16.7. The minimum atomic E-state index is -0.744. The summed E-state index contributed by atoms with van der Waals surface area (Å²) in [7, 11) is 0. The van der Waals surface area contributed by atoms with Crippen LogP contribution in [0.15, 0.2) is 30.3 Å². The smallest absolute Gasteiger partial charge is 0.303 e. The predicted octanol–water partition coefficient (Wildman–Crippen LogP) is 4.33. The molecular weight excluding hydrogens is 362 g/mol. The summed E-state index contributed by atoms with van der Waals surface area (Å²) >= 11 is 1.39. The Morgan fingerprint density at radius 1 is 1.19 bits per heavy atom. The van der Waals surface area contributed by atoms with Gasteiger partial charge < -0.3 is 15.1 Å². The second-order valence-electron chi connectivity index (χ2n) is 7.23. The minimum Gasteiger partial charge on any atom is -0.481 e. The van der Waals surface area contributed by atoms with Crippen LogP contribution in [0, 0.1) is 0 Å². The van der Waals surface area contributed by atoms with Gasteiger partial charge in [0.25, 0.3) is 5.24 Å². The lowest BCUT2D eigenvalue weighted by Gasteiger charge is -2.35. The van der Waals surface area contributed by atoms with Crippen molar-refractivity contribution < 1.29 is 19.8 Å². The van der Waals surface area contributed by atoms with Gasteiger partial charge in [-0.25, -0.2) is 0 Å². The summed E-state index contributed by atoms with van der Waals surface area (Å²) in [5, 5.41) is 19.2. The highest BCUT2D eigenvalue weighted by Gasteiger charge is 2.28. The molecule has 0 spiro atoms. The SMILES string of the molecule is O=C(O)CCCCCCN1C(=O)SCCC1CCC(O)Cc1ccccc1. The van der Waals surface area contributed by atoms with E-state index >= 15 is 0 Å². The van der Waals surface area contributed by atoms with E-state index in [1.165, 1.54) is 11.8 Å². The van der Waals surface area contributed by atoms with E-state index in [-0.39, 0.29) is 23.8 Å². The molecule has 0 bridgehead atoms. The Hall–Kier alpha value is -1.53. The summed E-state index contributed by atoms with van der Waals surface area (Å²) in [6.45, 7) is 0.734. The van der Waals surface area contributed by atoms with Crippen LogP contribution >= 0.6 is 11.8 Å². The number of carboxylic acid groups (broad SMARTS) is 1. The van der Waals surface area contributed by atoms with Crippen LogP contribution in [-0.4, -0.2) is 50.8 Å². The molecule has 27 heavy (non-hydrogen) atoms. The second-order valence-corrected chi connectivity index (χ2v) is 8.28. The highest BCUT2D eigenvalue weighted by Crippen LogP contribution is 2.27. The lowest BCUT2D eigenvalue weighted by molar-refractivity contribution is -0.137. The lowest BCUT2D eigenvalue weighted by atomic mass is 9.99. The number of carboxylic acids is 1. The first-order valence-electron chi connectivity index (χ1n) is 9.93. The third kappa shape index (κ3) is 8.35. The van der Waals surface area contributed by atoms with Gasteiger partial charge in [-0.3, -0.25) is 9.59 Å². The van der Waals surface area contributed by atoms with Crippen LogP contribution in [0.2, 0.25) is 0 Å². The summed E-state index contributed by atoms with van der Waals surface area (Å²) < 4.78 is 0. The van der Waals surface area contributed by atoms with Gasteiger partial charge in [0.1, 0.15) is 0 Å². The first-order chi connectivity index (χ1) is 13.1. The highest BCUT2D eigenvalue weighted by molar-refractivity contribution is 8.13. The molecule has 1 amide bonds. The van der Waals surface area contributed by atoms with Crippen LogP contribution in [0.5, 0.6) is 0 Å². The molecule has 6 heteroatoms. The number of aliphatic hydroxyl groups excluding tert-OH is 1. The zero-order chi connectivity index (χ0) is 19.5. The third-order valence-electron chi connectivity index (χ3n) is 5.04. The molecule has 0 aliphatic carbocycles. The van der Waals surface area contributed by atoms with Crippen LogP contribution < -0.4 is 0 Å². The number of unbranched alkanes of at least 4 members (excludes halogenated alkanes) is 3. The predicted molar refractivity (Wildman–Crippen MR) is 109 cm³/mol. The molecule has 2 N–H and O–H groups in total. The Labute approximate surface area is 166 Å². The summed E-state index contributed by atoms with van der Waals surface area (Å²) in [6, 6.07) is 10.2. The standard InChI is InChI=1S/C21H31NO4S/c23-19(16-17-8-4-3-5-9-17)12-11-18-13-15-27-21(26)22(18)14-7-2-1-6-10-20(24)25/h3-5,8-9,18-19,23H,1-2,6-7,10-16H2,(H,24,25). The van der Waals surface area contributed by atoms with Crippen LogP contribution in [-0.2, 0) is 11.2 Å². The van der Waals surface area contributed by atoms with E-state index < -0.39 is 5.97 Å². The van der Waals surface area contributed by atoms with Gasteiger partial charge in [0, 0.05) is 24.8 Å². The summed E-state index contributed by atoms with van der Waals surface area (Å²) in [6.07, 6.45) is 6.46. The van der Waals surface area contributed by atoms with E-state index in [2.05, 4.69) is 0 Å². The van der Waals surface area contributed by atoms with E-state index in [1.54, 1.807) is 0 Å². The molecule has 1 aliphatic heterocycles. The van der Waals surface area contributed by atoms with E-state index in [9.17, 15) is 14.7 Å². The van der Waals surface area contributed by atoms with Gasteiger partial charge in [-0.05, 0) is 44.1 Å². The summed E-state index contributed by atoms with van der Waals surface area (Å²) in [5.41, 5.74) is 1.14. The number of carbonyl (C=O) groups is 2. The van der Waals surface area contributed by atoms with Gasteiger partial charge in [0.15, 0.2) is 0 Å². The average Bonchev–Trinajstić information content (AvgIpc) is 2.65. The first-order valence-corrected chi connectivity index (χ1v) is 10.9. The number of hydrogen-bond donors (Lipinski definition) is 2. The van der Waals surface area contributed by atoms with Crippen molar-refractivity contribution in [2.45, 2.75) is 69.9 Å². The fourth-order valence-corrected chi connectivity index (χ4v) is 4.50. The topological polar surface area (TPSA) is 77.8 Å².